The maximum Gasteiger partial charge on any atom is 0.221 e. The van der Waals surface area contributed by atoms with E-state index >= 15 is 0 Å². The third-order valence-electron chi connectivity index (χ3n) is 2.21. The molecule has 5 nitrogen and oxygen atoms in total. The summed E-state index contributed by atoms with van der Waals surface area (Å²) in [6.07, 6.45) is 1.80. The molecule has 0 aliphatic rings. The maximum absolute atomic E-state index is 9.40. The van der Waals surface area contributed by atoms with Crippen LogP contribution in [-0.4, -0.2) is 34.8 Å². The topological polar surface area (TPSA) is 67.3 Å². The molecule has 1 aromatic heterocycles. The Kier molecular flexibility index (Phi) is 4.30. The van der Waals surface area contributed by atoms with E-state index in [9.17, 15) is 5.11 Å². The van der Waals surface area contributed by atoms with E-state index < -0.39 is 0 Å². The zero-order valence-electron chi connectivity index (χ0n) is 9.32. The highest BCUT2D eigenvalue weighted by Gasteiger charge is 2.07. The van der Waals surface area contributed by atoms with Crippen molar-refractivity contribution in [2.45, 2.75) is 26.4 Å². The number of ether oxygens (including phenoxy) is 1. The van der Waals surface area contributed by atoms with Crippen LogP contribution in [0.2, 0.25) is 0 Å². The van der Waals surface area contributed by atoms with Crippen molar-refractivity contribution in [1.82, 2.24) is 9.97 Å². The van der Waals surface area contributed by atoms with Crippen molar-refractivity contribution in [3.05, 3.63) is 11.9 Å². The van der Waals surface area contributed by atoms with Crippen molar-refractivity contribution in [3.63, 3.8) is 0 Å². The monoisotopic (exact) mass is 211 g/mol. The highest BCUT2D eigenvalue weighted by molar-refractivity contribution is 5.47. The highest BCUT2D eigenvalue weighted by atomic mass is 16.5. The Morgan fingerprint density at radius 2 is 2.27 bits per heavy atom. The molecule has 0 fully saturated rings. The summed E-state index contributed by atoms with van der Waals surface area (Å²) in [6, 6.07) is 0. The summed E-state index contributed by atoms with van der Waals surface area (Å²) in [5, 5.41) is 12.5. The first-order valence-electron chi connectivity index (χ1n) is 4.96. The molecule has 0 spiro atoms. The predicted molar refractivity (Wildman–Crippen MR) is 58.1 cm³/mol. The number of rotatable bonds is 5. The van der Waals surface area contributed by atoms with E-state index in [2.05, 4.69) is 15.3 Å². The second-order valence-corrected chi connectivity index (χ2v) is 3.30. The number of aromatic nitrogens is 2. The number of aliphatic hydroxyl groups is 1. The Hall–Kier alpha value is -1.36. The van der Waals surface area contributed by atoms with Gasteiger partial charge in [0, 0.05) is 6.54 Å². The molecule has 1 aromatic rings. The molecule has 1 atom stereocenters. The van der Waals surface area contributed by atoms with Crippen molar-refractivity contribution in [3.8, 4) is 5.88 Å². The van der Waals surface area contributed by atoms with Gasteiger partial charge < -0.3 is 15.2 Å². The molecule has 0 bridgehead atoms. The van der Waals surface area contributed by atoms with Gasteiger partial charge >= 0.3 is 0 Å². The molecule has 0 saturated carbocycles. The molecule has 84 valence electrons. The van der Waals surface area contributed by atoms with Crippen LogP contribution in [0.15, 0.2) is 6.33 Å². The fourth-order valence-corrected chi connectivity index (χ4v) is 1.18. The van der Waals surface area contributed by atoms with Crippen molar-refractivity contribution in [2.24, 2.45) is 0 Å². The van der Waals surface area contributed by atoms with Crippen molar-refractivity contribution < 1.29 is 9.84 Å². The van der Waals surface area contributed by atoms with Gasteiger partial charge in [0.05, 0.1) is 18.8 Å². The van der Waals surface area contributed by atoms with E-state index in [-0.39, 0.29) is 6.10 Å². The summed E-state index contributed by atoms with van der Waals surface area (Å²) in [5.74, 6) is 1.26. The molecule has 1 rings (SSSR count). The minimum absolute atomic E-state index is 0.356. The lowest BCUT2D eigenvalue weighted by Crippen LogP contribution is -2.19. The second kappa shape index (κ2) is 5.50. The molecule has 0 aliphatic carbocycles. The van der Waals surface area contributed by atoms with Gasteiger partial charge in [0.25, 0.3) is 0 Å². The van der Waals surface area contributed by atoms with Crippen molar-refractivity contribution in [2.75, 3.05) is 19.0 Å². The Morgan fingerprint density at radius 1 is 1.53 bits per heavy atom. The molecule has 15 heavy (non-hydrogen) atoms. The minimum atomic E-state index is -0.356. The fraction of sp³-hybridized carbons (Fsp3) is 0.600. The van der Waals surface area contributed by atoms with Crippen LogP contribution in [0.4, 0.5) is 5.82 Å². The lowest BCUT2D eigenvalue weighted by molar-refractivity contribution is 0.183. The largest absolute Gasteiger partial charge is 0.481 e. The van der Waals surface area contributed by atoms with Crippen molar-refractivity contribution in [1.29, 1.82) is 0 Å². The van der Waals surface area contributed by atoms with Gasteiger partial charge in [0.2, 0.25) is 5.88 Å². The molecule has 2 N–H and O–H groups in total. The molecule has 0 radical (unpaired) electrons. The lowest BCUT2D eigenvalue weighted by Gasteiger charge is -2.12. The number of nitrogens with one attached hydrogen (secondary N) is 1. The van der Waals surface area contributed by atoms with Gasteiger partial charge in [-0.15, -0.1) is 0 Å². The smallest absolute Gasteiger partial charge is 0.221 e. The normalized spacial score (nSPS) is 12.3. The maximum atomic E-state index is 9.40. The van der Waals surface area contributed by atoms with Crippen LogP contribution < -0.4 is 10.1 Å². The van der Waals surface area contributed by atoms with Crippen LogP contribution in [0.3, 0.4) is 0 Å². The fourth-order valence-electron chi connectivity index (χ4n) is 1.18. The van der Waals surface area contributed by atoms with Crippen LogP contribution >= 0.6 is 0 Å². The standard InChI is InChI=1S/C10H17N3O2/c1-4-8(14)5-11-9-7(2)10(15-3)13-6-12-9/h6,8,14H,4-5H2,1-3H3,(H,11,12,13). The molecule has 0 saturated heterocycles. The SMILES string of the molecule is CCC(O)CNc1ncnc(OC)c1C. The molecule has 0 aromatic carbocycles. The molecule has 1 unspecified atom stereocenters. The summed E-state index contributed by atoms with van der Waals surface area (Å²) in [6.45, 7) is 4.29. The quantitative estimate of drug-likeness (QED) is 0.759. The van der Waals surface area contributed by atoms with Crippen LogP contribution in [0.1, 0.15) is 18.9 Å². The highest BCUT2D eigenvalue weighted by Crippen LogP contribution is 2.19. The van der Waals surface area contributed by atoms with Gasteiger partial charge in [0.1, 0.15) is 12.1 Å². The van der Waals surface area contributed by atoms with E-state index in [1.54, 1.807) is 7.11 Å². The van der Waals surface area contributed by atoms with E-state index in [0.717, 1.165) is 5.56 Å². The van der Waals surface area contributed by atoms with Gasteiger partial charge in [-0.1, -0.05) is 6.92 Å². The average Bonchev–Trinajstić information content (AvgIpc) is 2.27. The van der Waals surface area contributed by atoms with Crippen LogP contribution in [0.5, 0.6) is 5.88 Å². The van der Waals surface area contributed by atoms with Crippen LogP contribution in [0, 0.1) is 6.92 Å². The molecular formula is C10H17N3O2. The van der Waals surface area contributed by atoms with Crippen molar-refractivity contribution >= 4 is 5.82 Å². The number of hydrogen-bond donors (Lipinski definition) is 2. The third-order valence-corrected chi connectivity index (χ3v) is 2.21. The molecular weight excluding hydrogens is 194 g/mol. The first-order valence-corrected chi connectivity index (χ1v) is 4.96. The van der Waals surface area contributed by atoms with E-state index in [0.29, 0.717) is 24.7 Å². The molecule has 5 heteroatoms. The number of hydrogen-bond acceptors (Lipinski definition) is 5. The Labute approximate surface area is 89.5 Å². The Morgan fingerprint density at radius 3 is 2.87 bits per heavy atom. The van der Waals surface area contributed by atoms with Gasteiger partial charge in [-0.05, 0) is 13.3 Å². The predicted octanol–water partition coefficient (Wildman–Crippen LogP) is 0.976. The summed E-state index contributed by atoms with van der Waals surface area (Å²) < 4.78 is 5.07. The molecule has 1 heterocycles. The van der Waals surface area contributed by atoms with Gasteiger partial charge in [-0.25, -0.2) is 9.97 Å². The zero-order chi connectivity index (χ0) is 11.3. The summed E-state index contributed by atoms with van der Waals surface area (Å²) in [7, 11) is 1.57. The summed E-state index contributed by atoms with van der Waals surface area (Å²) in [4.78, 5) is 8.05. The first-order chi connectivity index (χ1) is 7.19. The molecule has 0 aliphatic heterocycles. The second-order valence-electron chi connectivity index (χ2n) is 3.30. The molecule has 0 amide bonds. The van der Waals surface area contributed by atoms with Crippen LogP contribution in [-0.2, 0) is 0 Å². The van der Waals surface area contributed by atoms with Gasteiger partial charge in [-0.3, -0.25) is 0 Å². The summed E-state index contributed by atoms with van der Waals surface area (Å²) >= 11 is 0. The average molecular weight is 211 g/mol. The van der Waals surface area contributed by atoms with E-state index in [1.807, 2.05) is 13.8 Å². The minimum Gasteiger partial charge on any atom is -0.481 e. The third kappa shape index (κ3) is 3.06. The van der Waals surface area contributed by atoms with Gasteiger partial charge in [-0.2, -0.15) is 0 Å². The summed E-state index contributed by atoms with van der Waals surface area (Å²) in [5.41, 5.74) is 0.850. The Balaban J connectivity index is 2.68. The zero-order valence-corrected chi connectivity index (χ0v) is 9.32. The van der Waals surface area contributed by atoms with Crippen LogP contribution in [0.25, 0.3) is 0 Å². The number of aliphatic hydroxyl groups excluding tert-OH is 1. The number of nitrogens with zero attached hydrogens (tertiary/aromatic N) is 2. The first kappa shape index (κ1) is 11.7. The Bertz CT molecular complexity index is 318. The number of methoxy groups -OCH3 is 1. The number of anilines is 1. The van der Waals surface area contributed by atoms with E-state index in [4.69, 9.17) is 4.74 Å². The van der Waals surface area contributed by atoms with E-state index in [1.165, 1.54) is 6.33 Å². The van der Waals surface area contributed by atoms with Gasteiger partial charge in [0.15, 0.2) is 0 Å². The lowest BCUT2D eigenvalue weighted by atomic mass is 10.2.